The van der Waals surface area contributed by atoms with Crippen molar-refractivity contribution in [3.63, 3.8) is 0 Å². The fraction of sp³-hybridized carbons (Fsp3) is 0.500. The first kappa shape index (κ1) is 10.9. The second kappa shape index (κ2) is 4.51. The minimum absolute atomic E-state index is 0.00792. The molecule has 1 amide bonds. The van der Waals surface area contributed by atoms with E-state index in [1.165, 1.54) is 6.08 Å². The molecule has 4 nitrogen and oxygen atoms in total. The normalized spacial score (nSPS) is 20.1. The van der Waals surface area contributed by atoms with Crippen molar-refractivity contribution in [2.24, 2.45) is 0 Å². The third-order valence-electron chi connectivity index (χ3n) is 3.04. The van der Waals surface area contributed by atoms with Gasteiger partial charge >= 0.3 is 0 Å². The molecule has 1 unspecified atom stereocenters. The van der Waals surface area contributed by atoms with Gasteiger partial charge in [0, 0.05) is 19.3 Å². The highest BCUT2D eigenvalue weighted by molar-refractivity contribution is 5.87. The standard InChI is InChI=1S/C12H17N3O/c1-3-12(16)15-8-5-6-11(15)10-7-9-14(4-2)13-10/h3,7,9,11H,1,4-6,8H2,2H3. The Morgan fingerprint density at radius 1 is 1.75 bits per heavy atom. The van der Waals surface area contributed by atoms with Crippen LogP contribution >= 0.6 is 0 Å². The Morgan fingerprint density at radius 3 is 3.19 bits per heavy atom. The molecule has 0 aromatic carbocycles. The van der Waals surface area contributed by atoms with Crippen molar-refractivity contribution < 1.29 is 4.79 Å². The van der Waals surface area contributed by atoms with Crippen LogP contribution in [0.5, 0.6) is 0 Å². The molecule has 0 bridgehead atoms. The second-order valence-electron chi connectivity index (χ2n) is 3.99. The fourth-order valence-electron chi connectivity index (χ4n) is 2.19. The predicted molar refractivity (Wildman–Crippen MR) is 61.8 cm³/mol. The van der Waals surface area contributed by atoms with E-state index >= 15 is 0 Å². The summed E-state index contributed by atoms with van der Waals surface area (Å²) in [5.41, 5.74) is 0.995. The van der Waals surface area contributed by atoms with Gasteiger partial charge in [-0.3, -0.25) is 9.48 Å². The maximum atomic E-state index is 11.6. The molecule has 0 radical (unpaired) electrons. The van der Waals surface area contributed by atoms with Crippen molar-refractivity contribution in [1.82, 2.24) is 14.7 Å². The van der Waals surface area contributed by atoms with Crippen LogP contribution in [0.1, 0.15) is 31.5 Å². The van der Waals surface area contributed by atoms with E-state index in [0.29, 0.717) is 0 Å². The van der Waals surface area contributed by atoms with Gasteiger partial charge in [0.1, 0.15) is 0 Å². The maximum absolute atomic E-state index is 11.6. The van der Waals surface area contributed by atoms with Crippen LogP contribution in [0.15, 0.2) is 24.9 Å². The van der Waals surface area contributed by atoms with Crippen molar-refractivity contribution in [1.29, 1.82) is 0 Å². The summed E-state index contributed by atoms with van der Waals surface area (Å²) in [6.07, 6.45) is 5.39. The molecular weight excluding hydrogens is 202 g/mol. The summed E-state index contributed by atoms with van der Waals surface area (Å²) in [6, 6.07) is 2.14. The van der Waals surface area contributed by atoms with Gasteiger partial charge in [0.2, 0.25) is 5.91 Å². The number of likely N-dealkylation sites (tertiary alicyclic amines) is 1. The minimum Gasteiger partial charge on any atom is -0.330 e. The van der Waals surface area contributed by atoms with Crippen LogP contribution < -0.4 is 0 Å². The van der Waals surface area contributed by atoms with E-state index in [-0.39, 0.29) is 11.9 Å². The lowest BCUT2D eigenvalue weighted by Crippen LogP contribution is -2.29. The number of hydrogen-bond acceptors (Lipinski definition) is 2. The molecule has 1 aliphatic heterocycles. The molecule has 86 valence electrons. The smallest absolute Gasteiger partial charge is 0.246 e. The summed E-state index contributed by atoms with van der Waals surface area (Å²) in [5.74, 6) is 0.00792. The fourth-order valence-corrected chi connectivity index (χ4v) is 2.19. The molecular formula is C12H17N3O. The monoisotopic (exact) mass is 219 g/mol. The highest BCUT2D eigenvalue weighted by atomic mass is 16.2. The Kier molecular flexibility index (Phi) is 3.08. The third-order valence-corrected chi connectivity index (χ3v) is 3.04. The molecule has 0 spiro atoms. The summed E-state index contributed by atoms with van der Waals surface area (Å²) in [6.45, 7) is 7.27. The summed E-state index contributed by atoms with van der Waals surface area (Å²) >= 11 is 0. The molecule has 1 atom stereocenters. The van der Waals surface area contributed by atoms with Crippen LogP contribution in [0, 0.1) is 0 Å². The number of hydrogen-bond donors (Lipinski definition) is 0. The Morgan fingerprint density at radius 2 is 2.56 bits per heavy atom. The van der Waals surface area contributed by atoms with E-state index in [0.717, 1.165) is 31.6 Å². The SMILES string of the molecule is C=CC(=O)N1CCCC1c1ccn(CC)n1. The zero-order valence-electron chi connectivity index (χ0n) is 9.59. The molecule has 1 aromatic heterocycles. The van der Waals surface area contributed by atoms with Gasteiger partial charge in [0.05, 0.1) is 11.7 Å². The Balaban J connectivity index is 2.19. The molecule has 0 saturated carbocycles. The van der Waals surface area contributed by atoms with Crippen molar-refractivity contribution in [3.05, 3.63) is 30.6 Å². The van der Waals surface area contributed by atoms with Gasteiger partial charge in [-0.15, -0.1) is 0 Å². The molecule has 1 fully saturated rings. The summed E-state index contributed by atoms with van der Waals surface area (Å²) in [5, 5.41) is 4.47. The van der Waals surface area contributed by atoms with Gasteiger partial charge in [0.15, 0.2) is 0 Å². The number of carbonyl (C=O) groups excluding carboxylic acids is 1. The number of carbonyl (C=O) groups is 1. The van der Waals surface area contributed by atoms with Crippen LogP contribution in [0.3, 0.4) is 0 Å². The average Bonchev–Trinajstić information content (AvgIpc) is 2.95. The van der Waals surface area contributed by atoms with Crippen LogP contribution in [-0.2, 0) is 11.3 Å². The predicted octanol–water partition coefficient (Wildman–Crippen LogP) is 1.75. The molecule has 0 N–H and O–H groups in total. The van der Waals surface area contributed by atoms with Gasteiger partial charge < -0.3 is 4.90 Å². The number of nitrogens with zero attached hydrogens (tertiary/aromatic N) is 3. The van der Waals surface area contributed by atoms with Crippen molar-refractivity contribution in [3.8, 4) is 0 Å². The summed E-state index contributed by atoms with van der Waals surface area (Å²) < 4.78 is 1.89. The number of aromatic nitrogens is 2. The topological polar surface area (TPSA) is 38.1 Å². The number of aryl methyl sites for hydroxylation is 1. The van der Waals surface area contributed by atoms with Crippen LogP contribution in [0.25, 0.3) is 0 Å². The van der Waals surface area contributed by atoms with Crippen molar-refractivity contribution in [2.45, 2.75) is 32.4 Å². The largest absolute Gasteiger partial charge is 0.330 e. The molecule has 1 aromatic rings. The van der Waals surface area contributed by atoms with E-state index < -0.39 is 0 Å². The van der Waals surface area contributed by atoms with E-state index in [9.17, 15) is 4.79 Å². The van der Waals surface area contributed by atoms with E-state index in [1.54, 1.807) is 0 Å². The zero-order chi connectivity index (χ0) is 11.5. The lowest BCUT2D eigenvalue weighted by molar-refractivity contribution is -0.126. The van der Waals surface area contributed by atoms with Gasteiger partial charge in [-0.1, -0.05) is 6.58 Å². The zero-order valence-corrected chi connectivity index (χ0v) is 9.59. The average molecular weight is 219 g/mol. The molecule has 4 heteroatoms. The highest BCUT2D eigenvalue weighted by Gasteiger charge is 2.29. The lowest BCUT2D eigenvalue weighted by Gasteiger charge is -2.21. The Bertz CT molecular complexity index is 397. The molecule has 2 heterocycles. The Labute approximate surface area is 95.5 Å². The summed E-state index contributed by atoms with van der Waals surface area (Å²) in [7, 11) is 0. The maximum Gasteiger partial charge on any atom is 0.246 e. The molecule has 2 rings (SSSR count). The molecule has 0 aliphatic carbocycles. The minimum atomic E-state index is 0.00792. The van der Waals surface area contributed by atoms with Gasteiger partial charge in [-0.25, -0.2) is 0 Å². The van der Waals surface area contributed by atoms with Crippen LogP contribution in [0.4, 0.5) is 0 Å². The van der Waals surface area contributed by atoms with Crippen molar-refractivity contribution >= 4 is 5.91 Å². The van der Waals surface area contributed by atoms with Crippen LogP contribution in [0.2, 0.25) is 0 Å². The first-order valence-electron chi connectivity index (χ1n) is 5.72. The molecule has 1 aliphatic rings. The van der Waals surface area contributed by atoms with Gasteiger partial charge in [-0.2, -0.15) is 5.10 Å². The van der Waals surface area contributed by atoms with E-state index in [2.05, 4.69) is 18.6 Å². The second-order valence-corrected chi connectivity index (χ2v) is 3.99. The van der Waals surface area contributed by atoms with E-state index in [4.69, 9.17) is 0 Å². The van der Waals surface area contributed by atoms with E-state index in [1.807, 2.05) is 21.8 Å². The first-order valence-corrected chi connectivity index (χ1v) is 5.72. The Hall–Kier alpha value is -1.58. The van der Waals surface area contributed by atoms with Gasteiger partial charge in [0.25, 0.3) is 0 Å². The van der Waals surface area contributed by atoms with Crippen LogP contribution in [-0.4, -0.2) is 27.1 Å². The molecule has 16 heavy (non-hydrogen) atoms. The highest BCUT2D eigenvalue weighted by Crippen LogP contribution is 2.30. The quantitative estimate of drug-likeness (QED) is 0.726. The first-order chi connectivity index (χ1) is 7.76. The number of rotatable bonds is 3. The third kappa shape index (κ3) is 1.87. The molecule has 1 saturated heterocycles. The van der Waals surface area contributed by atoms with Gasteiger partial charge in [-0.05, 0) is 31.9 Å². The number of amides is 1. The lowest BCUT2D eigenvalue weighted by atomic mass is 10.1. The van der Waals surface area contributed by atoms with Crippen molar-refractivity contribution in [2.75, 3.05) is 6.54 Å². The summed E-state index contributed by atoms with van der Waals surface area (Å²) in [4.78, 5) is 13.5.